The molecule has 174 valence electrons. The Kier molecular flexibility index (Phi) is 6.29. The summed E-state index contributed by atoms with van der Waals surface area (Å²) in [5.41, 5.74) is 3.01. The third-order valence-electron chi connectivity index (χ3n) is 5.19. The number of hydrogen-bond acceptors (Lipinski definition) is 9. The van der Waals surface area contributed by atoms with Crippen LogP contribution < -0.4 is 10.3 Å². The zero-order valence-electron chi connectivity index (χ0n) is 17.6. The van der Waals surface area contributed by atoms with E-state index < -0.39 is 21.0 Å². The molecule has 0 radical (unpaired) electrons. The number of nitro groups is 1. The molecule has 12 nitrogen and oxygen atoms in total. The Bertz CT molecular complexity index is 1230. The van der Waals surface area contributed by atoms with Gasteiger partial charge >= 0.3 is 11.0 Å². The van der Waals surface area contributed by atoms with Crippen molar-refractivity contribution < 1.29 is 18.1 Å². The predicted octanol–water partition coefficient (Wildman–Crippen LogP) is 1.90. The van der Waals surface area contributed by atoms with Gasteiger partial charge in [-0.25, -0.2) is 10.2 Å². The van der Waals surface area contributed by atoms with Crippen LogP contribution in [0, 0.1) is 10.1 Å². The average molecular weight is 492 g/mol. The highest BCUT2D eigenvalue weighted by Gasteiger charge is 2.34. The highest BCUT2D eigenvalue weighted by Crippen LogP contribution is 2.32. The maximum Gasteiger partial charge on any atom is 0.337 e. The van der Waals surface area contributed by atoms with Crippen LogP contribution in [-0.4, -0.2) is 74.1 Å². The number of urea groups is 1. The van der Waals surface area contributed by atoms with E-state index in [0.717, 1.165) is 11.3 Å². The first-order valence-electron chi connectivity index (χ1n) is 10.1. The minimum absolute atomic E-state index is 0.00436. The number of amides is 2. The number of anilines is 1. The number of para-hydroxylation sites is 1. The lowest BCUT2D eigenvalue weighted by Gasteiger charge is -2.40. The van der Waals surface area contributed by atoms with Gasteiger partial charge in [-0.2, -0.15) is 13.5 Å². The Labute approximate surface area is 194 Å². The first-order valence-corrected chi connectivity index (χ1v) is 12.3. The summed E-state index contributed by atoms with van der Waals surface area (Å²) in [6, 6.07) is 9.28. The van der Waals surface area contributed by atoms with Gasteiger partial charge in [-0.05, 0) is 25.1 Å². The summed E-state index contributed by atoms with van der Waals surface area (Å²) >= 11 is 0.955. The molecule has 0 spiro atoms. The topological polar surface area (TPSA) is 141 Å². The number of piperazine rings is 1. The minimum Gasteiger partial charge on any atom is -0.338 e. The average Bonchev–Trinajstić information content (AvgIpc) is 3.28. The number of benzene rings is 1. The van der Waals surface area contributed by atoms with Gasteiger partial charge in [-0.15, -0.1) is 4.40 Å². The summed E-state index contributed by atoms with van der Waals surface area (Å²) < 4.78 is 29.4. The number of nitrogens with zero attached hydrogens (tertiary/aromatic N) is 6. The molecule has 1 fully saturated rings. The Hall–Kier alpha value is -3.52. The first kappa shape index (κ1) is 22.7. The van der Waals surface area contributed by atoms with Gasteiger partial charge in [0.1, 0.15) is 4.90 Å². The van der Waals surface area contributed by atoms with Crippen LogP contribution in [0.3, 0.4) is 0 Å². The Morgan fingerprint density at radius 3 is 2.64 bits per heavy atom. The zero-order valence-corrected chi connectivity index (χ0v) is 19.3. The third-order valence-corrected chi connectivity index (χ3v) is 7.46. The van der Waals surface area contributed by atoms with Crippen molar-refractivity contribution in [1.29, 1.82) is 0 Å². The van der Waals surface area contributed by atoms with Crippen LogP contribution in [0.15, 0.2) is 50.8 Å². The number of sulfonamides is 1. The maximum absolute atomic E-state index is 12.7. The number of guanidine groups is 1. The molecule has 0 unspecified atom stereocenters. The lowest BCUT2D eigenvalue weighted by molar-refractivity contribution is -0.380. The second-order valence-electron chi connectivity index (χ2n) is 7.16. The summed E-state index contributed by atoms with van der Waals surface area (Å²) in [5, 5.41) is 14.6. The molecule has 3 heterocycles. The number of carbonyl (C=O) groups excluding carboxylic acids is 1. The SMILES string of the molecule is CCN1C(N2CCN(C(=O)N/N=C/c3ccc([N+](=O)[O-])s3)CC2)=NS(=O)(=O)c2ccccc21. The van der Waals surface area contributed by atoms with Crippen LogP contribution in [0.5, 0.6) is 0 Å². The Morgan fingerprint density at radius 2 is 1.97 bits per heavy atom. The maximum atomic E-state index is 12.7. The summed E-state index contributed by atoms with van der Waals surface area (Å²) in [5.74, 6) is 0.355. The lowest BCUT2D eigenvalue weighted by Crippen LogP contribution is -2.56. The van der Waals surface area contributed by atoms with Crippen LogP contribution in [0.25, 0.3) is 0 Å². The summed E-state index contributed by atoms with van der Waals surface area (Å²) in [7, 11) is -3.80. The van der Waals surface area contributed by atoms with Crippen LogP contribution >= 0.6 is 11.3 Å². The highest BCUT2D eigenvalue weighted by molar-refractivity contribution is 7.90. The predicted molar refractivity (Wildman–Crippen MR) is 124 cm³/mol. The van der Waals surface area contributed by atoms with E-state index in [2.05, 4.69) is 14.9 Å². The molecule has 2 aliphatic heterocycles. The van der Waals surface area contributed by atoms with E-state index in [1.165, 1.54) is 12.3 Å². The molecule has 1 N–H and O–H groups in total. The molecule has 0 saturated carbocycles. The Balaban J connectivity index is 1.38. The van der Waals surface area contributed by atoms with Gasteiger partial charge in [-0.1, -0.05) is 23.5 Å². The molecule has 0 atom stereocenters. The molecule has 33 heavy (non-hydrogen) atoms. The first-order chi connectivity index (χ1) is 15.8. The molecular weight excluding hydrogens is 470 g/mol. The molecule has 14 heteroatoms. The van der Waals surface area contributed by atoms with E-state index >= 15 is 0 Å². The van der Waals surface area contributed by atoms with Crippen LogP contribution in [0.1, 0.15) is 11.8 Å². The zero-order chi connectivity index (χ0) is 23.6. The van der Waals surface area contributed by atoms with E-state index in [1.54, 1.807) is 35.2 Å². The standard InChI is InChI=1S/C19H21N7O5S2/c1-2-25-15-5-3-4-6-16(15)33(30,31)22-18(25)23-9-11-24(12-10-23)19(27)21-20-13-14-7-8-17(32-14)26(28)29/h3-8,13H,2,9-12H2,1H3,(H,21,27)/b20-13+. The Morgan fingerprint density at radius 1 is 1.24 bits per heavy atom. The largest absolute Gasteiger partial charge is 0.338 e. The van der Waals surface area contributed by atoms with Gasteiger partial charge in [0.15, 0.2) is 0 Å². The van der Waals surface area contributed by atoms with Gasteiger partial charge in [0, 0.05) is 38.8 Å². The van der Waals surface area contributed by atoms with Crippen molar-refractivity contribution in [1.82, 2.24) is 15.2 Å². The van der Waals surface area contributed by atoms with Crippen molar-refractivity contribution in [2.75, 3.05) is 37.6 Å². The van der Waals surface area contributed by atoms with Gasteiger partial charge in [0.05, 0.1) is 21.7 Å². The van der Waals surface area contributed by atoms with Crippen molar-refractivity contribution in [3.05, 3.63) is 51.4 Å². The lowest BCUT2D eigenvalue weighted by atomic mass is 10.2. The van der Waals surface area contributed by atoms with Crippen molar-refractivity contribution in [2.24, 2.45) is 9.50 Å². The summed E-state index contributed by atoms with van der Waals surface area (Å²) in [4.78, 5) is 28.7. The van der Waals surface area contributed by atoms with E-state index in [1.807, 2.05) is 16.7 Å². The fourth-order valence-corrected chi connectivity index (χ4v) is 5.51. The number of hydrogen-bond donors (Lipinski definition) is 1. The molecule has 1 saturated heterocycles. The van der Waals surface area contributed by atoms with Crippen LogP contribution in [-0.2, 0) is 10.0 Å². The van der Waals surface area contributed by atoms with Crippen molar-refractivity contribution in [2.45, 2.75) is 11.8 Å². The van der Waals surface area contributed by atoms with Gasteiger partial charge < -0.3 is 14.7 Å². The van der Waals surface area contributed by atoms with Gasteiger partial charge in [0.2, 0.25) is 5.96 Å². The summed E-state index contributed by atoms with van der Waals surface area (Å²) in [6.07, 6.45) is 1.35. The monoisotopic (exact) mass is 491 g/mol. The van der Waals surface area contributed by atoms with Gasteiger partial charge in [0.25, 0.3) is 10.0 Å². The number of thiophene rings is 1. The number of fused-ring (bicyclic) bond motifs is 1. The van der Waals surface area contributed by atoms with E-state index in [-0.39, 0.29) is 9.90 Å². The second-order valence-corrected chi connectivity index (χ2v) is 9.83. The van der Waals surface area contributed by atoms with E-state index in [9.17, 15) is 23.3 Å². The fraction of sp³-hybridized carbons (Fsp3) is 0.316. The third kappa shape index (κ3) is 4.66. The molecule has 2 aromatic rings. The molecule has 0 bridgehead atoms. The number of hydrazone groups is 1. The number of nitrogens with one attached hydrogen (secondary N) is 1. The van der Waals surface area contributed by atoms with Crippen LogP contribution in [0.2, 0.25) is 0 Å². The minimum atomic E-state index is -3.80. The van der Waals surface area contributed by atoms with Crippen molar-refractivity contribution in [3.63, 3.8) is 0 Å². The molecule has 0 aliphatic carbocycles. The molecule has 4 rings (SSSR count). The molecule has 2 aliphatic rings. The van der Waals surface area contributed by atoms with Crippen LogP contribution in [0.4, 0.5) is 15.5 Å². The smallest absolute Gasteiger partial charge is 0.337 e. The van der Waals surface area contributed by atoms with Crippen molar-refractivity contribution in [3.8, 4) is 0 Å². The fourth-order valence-electron chi connectivity index (χ4n) is 3.59. The van der Waals surface area contributed by atoms with Gasteiger partial charge in [-0.3, -0.25) is 10.1 Å². The highest BCUT2D eigenvalue weighted by atomic mass is 32.2. The molecular formula is C19H21N7O5S2. The molecule has 1 aromatic heterocycles. The van der Waals surface area contributed by atoms with Crippen molar-refractivity contribution >= 4 is 50.3 Å². The molecule has 2 amide bonds. The van der Waals surface area contributed by atoms with E-state index in [4.69, 9.17) is 0 Å². The number of carbonyl (C=O) groups is 1. The quantitative estimate of drug-likeness (QED) is 0.391. The number of rotatable bonds is 4. The normalized spacial score (nSPS) is 17.6. The molecule has 1 aromatic carbocycles. The van der Waals surface area contributed by atoms with E-state index in [0.29, 0.717) is 49.2 Å². The second kappa shape index (κ2) is 9.15. The summed E-state index contributed by atoms with van der Waals surface area (Å²) in [6.45, 7) is 3.98.